The lowest BCUT2D eigenvalue weighted by atomic mass is 10.1. The summed E-state index contributed by atoms with van der Waals surface area (Å²) >= 11 is 1.67. The fourth-order valence-electron chi connectivity index (χ4n) is 3.73. The van der Waals surface area contributed by atoms with Crippen LogP contribution in [0.15, 0.2) is 60.6 Å². The number of imidazole rings is 1. The third kappa shape index (κ3) is 3.02. The van der Waals surface area contributed by atoms with Crippen LogP contribution in [0.2, 0.25) is 0 Å². The van der Waals surface area contributed by atoms with Gasteiger partial charge in [0, 0.05) is 54.3 Å². The number of aromatic amines is 2. The van der Waals surface area contributed by atoms with E-state index in [2.05, 4.69) is 53.7 Å². The molecule has 0 spiro atoms. The summed E-state index contributed by atoms with van der Waals surface area (Å²) in [5.74, 6) is 0.701. The van der Waals surface area contributed by atoms with Gasteiger partial charge in [0.1, 0.15) is 11.2 Å². The summed E-state index contributed by atoms with van der Waals surface area (Å²) in [6.45, 7) is 0. The van der Waals surface area contributed by atoms with Crippen LogP contribution in [-0.4, -0.2) is 49.2 Å². The lowest BCUT2D eigenvalue weighted by molar-refractivity contribution is 1.09. The number of anilines is 1. The van der Waals surface area contributed by atoms with Gasteiger partial charge in [-0.1, -0.05) is 6.07 Å². The maximum Gasteiger partial charge on any atom is 0.181 e. The zero-order valence-corrected chi connectivity index (χ0v) is 18.2. The third-order valence-corrected chi connectivity index (χ3v) is 6.30. The normalized spacial score (nSPS) is 11.4. The van der Waals surface area contributed by atoms with Crippen LogP contribution in [0, 0.1) is 0 Å². The van der Waals surface area contributed by atoms with Crippen molar-refractivity contribution in [2.45, 2.75) is 0 Å². The van der Waals surface area contributed by atoms with Crippen molar-refractivity contribution in [3.63, 3.8) is 0 Å². The molecular formula is C23H18N8S. The van der Waals surface area contributed by atoms with Crippen molar-refractivity contribution >= 4 is 39.1 Å². The number of nitrogens with one attached hydrogen (secondary N) is 2. The Bertz CT molecular complexity index is 1560. The minimum Gasteiger partial charge on any atom is -0.376 e. The van der Waals surface area contributed by atoms with Gasteiger partial charge in [0.25, 0.3) is 0 Å². The number of pyridine rings is 3. The van der Waals surface area contributed by atoms with Gasteiger partial charge in [-0.2, -0.15) is 5.10 Å². The number of H-pyrrole nitrogens is 2. The van der Waals surface area contributed by atoms with E-state index in [-0.39, 0.29) is 0 Å². The molecule has 6 aromatic heterocycles. The molecule has 9 heteroatoms. The smallest absolute Gasteiger partial charge is 0.181 e. The maximum atomic E-state index is 4.89. The molecule has 2 N–H and O–H groups in total. The predicted molar refractivity (Wildman–Crippen MR) is 128 cm³/mol. The highest BCUT2D eigenvalue weighted by Gasteiger charge is 2.16. The van der Waals surface area contributed by atoms with E-state index < -0.39 is 0 Å². The molecule has 156 valence electrons. The second kappa shape index (κ2) is 7.24. The topological polar surface area (TPSA) is 99.3 Å². The minimum absolute atomic E-state index is 0.637. The van der Waals surface area contributed by atoms with E-state index >= 15 is 0 Å². The Morgan fingerprint density at radius 2 is 1.84 bits per heavy atom. The molecule has 0 unspecified atom stereocenters. The van der Waals surface area contributed by atoms with Gasteiger partial charge < -0.3 is 9.88 Å². The Kier molecular flexibility index (Phi) is 4.22. The van der Waals surface area contributed by atoms with Crippen LogP contribution in [0.3, 0.4) is 0 Å². The summed E-state index contributed by atoms with van der Waals surface area (Å²) in [6.07, 6.45) is 9.15. The number of thiophene rings is 1. The van der Waals surface area contributed by atoms with Gasteiger partial charge in [-0.15, -0.1) is 11.3 Å². The number of aromatic nitrogens is 7. The maximum absolute atomic E-state index is 4.89. The molecule has 0 saturated heterocycles. The average molecular weight is 439 g/mol. The number of rotatable bonds is 4. The largest absolute Gasteiger partial charge is 0.376 e. The highest BCUT2D eigenvalue weighted by Crippen LogP contribution is 2.33. The molecule has 0 saturated carbocycles. The van der Waals surface area contributed by atoms with Crippen molar-refractivity contribution in [3.8, 4) is 33.1 Å². The van der Waals surface area contributed by atoms with Gasteiger partial charge in [0.05, 0.1) is 29.0 Å². The molecule has 32 heavy (non-hydrogen) atoms. The summed E-state index contributed by atoms with van der Waals surface area (Å²) in [6, 6.07) is 8.27. The Balaban J connectivity index is 1.49. The predicted octanol–water partition coefficient (Wildman–Crippen LogP) is 4.75. The quantitative estimate of drug-likeness (QED) is 0.412. The molecule has 0 amide bonds. The number of fused-ring (bicyclic) bond motifs is 2. The molecule has 0 aliphatic heterocycles. The van der Waals surface area contributed by atoms with E-state index in [0.717, 1.165) is 49.4 Å². The van der Waals surface area contributed by atoms with Crippen molar-refractivity contribution < 1.29 is 0 Å². The molecular weight excluding hydrogens is 420 g/mol. The van der Waals surface area contributed by atoms with E-state index in [1.165, 1.54) is 0 Å². The van der Waals surface area contributed by atoms with Crippen LogP contribution < -0.4 is 4.90 Å². The first kappa shape index (κ1) is 18.6. The Hall–Kier alpha value is -4.11. The molecule has 0 aliphatic carbocycles. The molecule has 0 bridgehead atoms. The molecule has 0 aromatic carbocycles. The second-order valence-corrected chi connectivity index (χ2v) is 8.61. The van der Waals surface area contributed by atoms with Gasteiger partial charge in [0.2, 0.25) is 0 Å². The molecule has 0 fully saturated rings. The van der Waals surface area contributed by atoms with Gasteiger partial charge in [-0.05, 0) is 23.6 Å². The van der Waals surface area contributed by atoms with Gasteiger partial charge >= 0.3 is 0 Å². The van der Waals surface area contributed by atoms with E-state index in [1.807, 2.05) is 49.8 Å². The van der Waals surface area contributed by atoms with E-state index in [1.54, 1.807) is 17.5 Å². The SMILES string of the molecule is CN(C)c1cncc(-c2cnc3n[nH]c(-c4nc5c(-c6cccs6)cncc5[nH]4)c3c2)c1. The Morgan fingerprint density at radius 1 is 0.969 bits per heavy atom. The highest BCUT2D eigenvalue weighted by atomic mass is 32.1. The first-order chi connectivity index (χ1) is 15.7. The monoisotopic (exact) mass is 438 g/mol. The standard InChI is InChI=1S/C23H18N8S/c1-31(2)15-6-13(8-24-10-15)14-7-16-21(29-30-22(16)26-9-14)23-27-18-12-25-11-17(20(18)28-23)19-4-3-5-32-19/h3-12H,1-2H3,(H,27,28)(H,26,29,30). The first-order valence-electron chi connectivity index (χ1n) is 10.0. The van der Waals surface area contributed by atoms with E-state index in [4.69, 9.17) is 4.98 Å². The molecule has 6 heterocycles. The number of nitrogens with zero attached hydrogens (tertiary/aromatic N) is 6. The zero-order valence-electron chi connectivity index (χ0n) is 17.4. The van der Waals surface area contributed by atoms with Crippen LogP contribution in [0.25, 0.3) is 55.2 Å². The van der Waals surface area contributed by atoms with Crippen molar-refractivity contribution in [3.05, 3.63) is 60.6 Å². The summed E-state index contributed by atoms with van der Waals surface area (Å²) in [4.78, 5) is 24.8. The molecule has 6 rings (SSSR count). The second-order valence-electron chi connectivity index (χ2n) is 7.67. The third-order valence-electron chi connectivity index (χ3n) is 5.40. The lowest BCUT2D eigenvalue weighted by Crippen LogP contribution is -2.08. The Morgan fingerprint density at radius 3 is 2.69 bits per heavy atom. The number of hydrogen-bond donors (Lipinski definition) is 2. The van der Waals surface area contributed by atoms with Crippen molar-refractivity contribution in [2.75, 3.05) is 19.0 Å². The van der Waals surface area contributed by atoms with Crippen LogP contribution in [0.4, 0.5) is 5.69 Å². The fourth-order valence-corrected chi connectivity index (χ4v) is 4.47. The van der Waals surface area contributed by atoms with Crippen molar-refractivity contribution in [1.29, 1.82) is 0 Å². The summed E-state index contributed by atoms with van der Waals surface area (Å²) < 4.78 is 0. The molecule has 0 aliphatic rings. The van der Waals surface area contributed by atoms with Crippen LogP contribution in [0.1, 0.15) is 0 Å². The van der Waals surface area contributed by atoms with E-state index in [9.17, 15) is 0 Å². The Labute approximate surface area is 187 Å². The van der Waals surface area contributed by atoms with Gasteiger partial charge in [-0.3, -0.25) is 15.1 Å². The first-order valence-corrected chi connectivity index (χ1v) is 10.9. The van der Waals surface area contributed by atoms with Crippen LogP contribution in [-0.2, 0) is 0 Å². The van der Waals surface area contributed by atoms with Crippen LogP contribution in [0.5, 0.6) is 0 Å². The van der Waals surface area contributed by atoms with E-state index in [0.29, 0.717) is 11.5 Å². The molecule has 8 nitrogen and oxygen atoms in total. The van der Waals surface area contributed by atoms with Gasteiger partial charge in [-0.25, -0.2) is 9.97 Å². The van der Waals surface area contributed by atoms with Crippen LogP contribution >= 0.6 is 11.3 Å². The zero-order chi connectivity index (χ0) is 21.7. The highest BCUT2D eigenvalue weighted by molar-refractivity contribution is 7.13. The average Bonchev–Trinajstić information content (AvgIpc) is 3.57. The van der Waals surface area contributed by atoms with Crippen molar-refractivity contribution in [2.24, 2.45) is 0 Å². The molecule has 0 atom stereocenters. The summed E-state index contributed by atoms with van der Waals surface area (Å²) in [5, 5.41) is 10.4. The molecule has 6 aromatic rings. The summed E-state index contributed by atoms with van der Waals surface area (Å²) in [7, 11) is 3.99. The van der Waals surface area contributed by atoms with Gasteiger partial charge in [0.15, 0.2) is 11.5 Å². The lowest BCUT2D eigenvalue weighted by Gasteiger charge is -2.12. The fraction of sp³-hybridized carbons (Fsp3) is 0.0870. The number of hydrogen-bond acceptors (Lipinski definition) is 7. The minimum atomic E-state index is 0.637. The van der Waals surface area contributed by atoms with Crippen molar-refractivity contribution in [1.82, 2.24) is 35.1 Å². The molecule has 0 radical (unpaired) electrons. The summed E-state index contributed by atoms with van der Waals surface area (Å²) in [5.41, 5.74) is 7.18.